The van der Waals surface area contributed by atoms with Gasteiger partial charge in [0.1, 0.15) is 0 Å². The number of rotatable bonds is 1. The summed E-state index contributed by atoms with van der Waals surface area (Å²) in [6.45, 7) is 4.00. The van der Waals surface area contributed by atoms with Gasteiger partial charge >= 0.3 is 0 Å². The highest BCUT2D eigenvalue weighted by atomic mass is 14.7. The van der Waals surface area contributed by atoms with Crippen LogP contribution in [-0.2, 0) is 5.54 Å². The van der Waals surface area contributed by atoms with Crippen molar-refractivity contribution in [2.75, 3.05) is 7.05 Å². The van der Waals surface area contributed by atoms with Gasteiger partial charge in [-0.1, -0.05) is 30.3 Å². The zero-order valence-corrected chi connectivity index (χ0v) is 8.04. The number of benzene rings is 1. The normalized spacial score (nSPS) is 10.1. The summed E-state index contributed by atoms with van der Waals surface area (Å²) in [5.74, 6) is 0. The summed E-state index contributed by atoms with van der Waals surface area (Å²) in [5, 5.41) is 0. The van der Waals surface area contributed by atoms with Crippen LogP contribution in [0.1, 0.15) is 19.4 Å². The lowest BCUT2D eigenvalue weighted by atomic mass is 9.96. The molecule has 0 fully saturated rings. The number of hydrogen-bond acceptors (Lipinski definition) is 2. The molecule has 0 aliphatic heterocycles. The molecule has 2 heteroatoms. The molecule has 0 saturated heterocycles. The van der Waals surface area contributed by atoms with Crippen LogP contribution >= 0.6 is 0 Å². The van der Waals surface area contributed by atoms with Gasteiger partial charge in [-0.3, -0.25) is 0 Å². The Bertz CT molecular complexity index is 199. The summed E-state index contributed by atoms with van der Waals surface area (Å²) in [7, 11) is 1.50. The molecule has 0 unspecified atom stereocenters. The van der Waals surface area contributed by atoms with Crippen molar-refractivity contribution in [1.82, 2.24) is 0 Å². The Morgan fingerprint density at radius 2 is 1.42 bits per heavy atom. The van der Waals surface area contributed by atoms with Gasteiger partial charge in [-0.05, 0) is 26.5 Å². The van der Waals surface area contributed by atoms with E-state index in [1.165, 1.54) is 12.6 Å². The first-order chi connectivity index (χ1) is 5.61. The molecule has 0 radical (unpaired) electrons. The van der Waals surface area contributed by atoms with Gasteiger partial charge < -0.3 is 11.5 Å². The van der Waals surface area contributed by atoms with E-state index in [0.29, 0.717) is 0 Å². The maximum absolute atomic E-state index is 5.86. The van der Waals surface area contributed by atoms with Crippen LogP contribution < -0.4 is 11.5 Å². The molecule has 0 amide bonds. The van der Waals surface area contributed by atoms with Gasteiger partial charge in [0.15, 0.2) is 0 Å². The Kier molecular flexibility index (Phi) is 4.55. The van der Waals surface area contributed by atoms with Crippen molar-refractivity contribution in [1.29, 1.82) is 0 Å². The summed E-state index contributed by atoms with van der Waals surface area (Å²) >= 11 is 0. The minimum Gasteiger partial charge on any atom is -0.333 e. The third kappa shape index (κ3) is 3.51. The molecule has 1 aromatic rings. The van der Waals surface area contributed by atoms with Crippen LogP contribution in [0, 0.1) is 0 Å². The van der Waals surface area contributed by atoms with Gasteiger partial charge in [-0.15, -0.1) is 0 Å². The zero-order chi connectivity index (χ0) is 9.61. The highest BCUT2D eigenvalue weighted by Gasteiger charge is 2.11. The van der Waals surface area contributed by atoms with Crippen molar-refractivity contribution in [3.05, 3.63) is 35.9 Å². The van der Waals surface area contributed by atoms with E-state index < -0.39 is 0 Å². The lowest BCUT2D eigenvalue weighted by Gasteiger charge is -2.18. The molecule has 0 saturated carbocycles. The third-order valence-electron chi connectivity index (χ3n) is 1.52. The summed E-state index contributed by atoms with van der Waals surface area (Å²) in [4.78, 5) is 0. The fourth-order valence-electron chi connectivity index (χ4n) is 0.868. The maximum atomic E-state index is 5.86. The highest BCUT2D eigenvalue weighted by Crippen LogP contribution is 2.14. The van der Waals surface area contributed by atoms with Crippen LogP contribution in [0.2, 0.25) is 0 Å². The van der Waals surface area contributed by atoms with E-state index in [1.54, 1.807) is 0 Å². The second-order valence-corrected chi connectivity index (χ2v) is 3.09. The molecule has 12 heavy (non-hydrogen) atoms. The molecule has 1 aromatic carbocycles. The molecule has 2 nitrogen and oxygen atoms in total. The monoisotopic (exact) mass is 166 g/mol. The molecular weight excluding hydrogens is 148 g/mol. The number of nitrogens with two attached hydrogens (primary N) is 2. The molecule has 0 aromatic heterocycles. The summed E-state index contributed by atoms with van der Waals surface area (Å²) < 4.78 is 0. The molecule has 0 heterocycles. The minimum absolute atomic E-state index is 0.207. The number of hydrogen-bond donors (Lipinski definition) is 2. The Morgan fingerprint density at radius 3 is 1.67 bits per heavy atom. The minimum atomic E-state index is -0.207. The molecular formula is C10H18N2. The highest BCUT2D eigenvalue weighted by molar-refractivity contribution is 5.21. The first-order valence-corrected chi connectivity index (χ1v) is 4.03. The predicted octanol–water partition coefficient (Wildman–Crippen LogP) is 1.46. The Morgan fingerprint density at radius 1 is 1.00 bits per heavy atom. The van der Waals surface area contributed by atoms with Crippen molar-refractivity contribution >= 4 is 0 Å². The first kappa shape index (κ1) is 11.1. The molecule has 68 valence electrons. The van der Waals surface area contributed by atoms with E-state index in [9.17, 15) is 0 Å². The SMILES string of the molecule is CC(C)(N)c1ccccc1.CN. The third-order valence-corrected chi connectivity index (χ3v) is 1.52. The van der Waals surface area contributed by atoms with Crippen molar-refractivity contribution in [2.24, 2.45) is 11.5 Å². The molecule has 4 N–H and O–H groups in total. The summed E-state index contributed by atoms with van der Waals surface area (Å²) in [5.41, 5.74) is 11.3. The fraction of sp³-hybridized carbons (Fsp3) is 0.400. The Balaban J connectivity index is 0.000000561. The van der Waals surface area contributed by atoms with Crippen LogP contribution in [0.4, 0.5) is 0 Å². The lowest BCUT2D eigenvalue weighted by Crippen LogP contribution is -2.28. The summed E-state index contributed by atoms with van der Waals surface area (Å²) in [6, 6.07) is 10.1. The average molecular weight is 166 g/mol. The zero-order valence-electron chi connectivity index (χ0n) is 8.04. The average Bonchev–Trinajstić information content (AvgIpc) is 2.08. The van der Waals surface area contributed by atoms with E-state index in [-0.39, 0.29) is 5.54 Å². The standard InChI is InChI=1S/C9H13N.CH5N/c1-9(2,10)8-6-4-3-5-7-8;1-2/h3-7H,10H2,1-2H3;2H2,1H3. The van der Waals surface area contributed by atoms with E-state index in [2.05, 4.69) is 5.73 Å². The van der Waals surface area contributed by atoms with Gasteiger partial charge in [-0.2, -0.15) is 0 Å². The first-order valence-electron chi connectivity index (χ1n) is 4.03. The van der Waals surface area contributed by atoms with Crippen LogP contribution in [0.15, 0.2) is 30.3 Å². The van der Waals surface area contributed by atoms with Gasteiger partial charge in [-0.25, -0.2) is 0 Å². The topological polar surface area (TPSA) is 52.0 Å². The van der Waals surface area contributed by atoms with Crippen molar-refractivity contribution in [3.8, 4) is 0 Å². The Labute approximate surface area is 74.6 Å². The molecule has 0 aliphatic carbocycles. The molecule has 0 atom stereocenters. The van der Waals surface area contributed by atoms with Crippen LogP contribution in [0.3, 0.4) is 0 Å². The quantitative estimate of drug-likeness (QED) is 0.663. The smallest absolute Gasteiger partial charge is 0.0352 e. The molecule has 0 spiro atoms. The molecule has 1 rings (SSSR count). The van der Waals surface area contributed by atoms with E-state index >= 15 is 0 Å². The van der Waals surface area contributed by atoms with Gasteiger partial charge in [0.2, 0.25) is 0 Å². The van der Waals surface area contributed by atoms with E-state index in [1.807, 2.05) is 44.2 Å². The van der Waals surface area contributed by atoms with Crippen molar-refractivity contribution in [2.45, 2.75) is 19.4 Å². The van der Waals surface area contributed by atoms with Crippen molar-refractivity contribution < 1.29 is 0 Å². The Hall–Kier alpha value is -0.860. The van der Waals surface area contributed by atoms with Gasteiger partial charge in [0.25, 0.3) is 0 Å². The van der Waals surface area contributed by atoms with Gasteiger partial charge in [0, 0.05) is 5.54 Å². The van der Waals surface area contributed by atoms with Crippen molar-refractivity contribution in [3.63, 3.8) is 0 Å². The second kappa shape index (κ2) is 4.91. The predicted molar refractivity (Wildman–Crippen MR) is 53.8 cm³/mol. The fourth-order valence-corrected chi connectivity index (χ4v) is 0.868. The van der Waals surface area contributed by atoms with Crippen LogP contribution in [0.5, 0.6) is 0 Å². The second-order valence-electron chi connectivity index (χ2n) is 3.09. The largest absolute Gasteiger partial charge is 0.333 e. The van der Waals surface area contributed by atoms with E-state index in [0.717, 1.165) is 0 Å². The lowest BCUT2D eigenvalue weighted by molar-refractivity contribution is 0.554. The molecule has 0 aliphatic rings. The molecule has 0 bridgehead atoms. The van der Waals surface area contributed by atoms with E-state index in [4.69, 9.17) is 5.73 Å². The van der Waals surface area contributed by atoms with Crippen LogP contribution in [0.25, 0.3) is 0 Å². The van der Waals surface area contributed by atoms with Gasteiger partial charge in [0.05, 0.1) is 0 Å². The van der Waals surface area contributed by atoms with Crippen LogP contribution in [-0.4, -0.2) is 7.05 Å². The maximum Gasteiger partial charge on any atom is 0.0352 e. The summed E-state index contributed by atoms with van der Waals surface area (Å²) in [6.07, 6.45) is 0.